The number of benzene rings is 1. The van der Waals surface area contributed by atoms with Crippen molar-refractivity contribution in [1.29, 1.82) is 0 Å². The molecular formula is C15H12F2N2O3S. The topological polar surface area (TPSA) is 68.3 Å². The van der Waals surface area contributed by atoms with Crippen molar-refractivity contribution in [2.75, 3.05) is 13.2 Å². The van der Waals surface area contributed by atoms with Gasteiger partial charge in [0.15, 0.2) is 0 Å². The Morgan fingerprint density at radius 1 is 1.17 bits per heavy atom. The lowest BCUT2D eigenvalue weighted by atomic mass is 10.3. The molecule has 0 aliphatic rings. The summed E-state index contributed by atoms with van der Waals surface area (Å²) in [6, 6.07) is 5.45. The van der Waals surface area contributed by atoms with Crippen LogP contribution in [0.1, 0.15) is 0 Å². The van der Waals surface area contributed by atoms with Crippen molar-refractivity contribution in [1.82, 2.24) is 9.71 Å². The molecule has 1 N–H and O–H groups in total. The van der Waals surface area contributed by atoms with Crippen LogP contribution >= 0.6 is 0 Å². The molecule has 0 aliphatic heterocycles. The van der Waals surface area contributed by atoms with Crippen LogP contribution in [0, 0.1) is 23.5 Å². The van der Waals surface area contributed by atoms with Crippen LogP contribution in [0.3, 0.4) is 0 Å². The maximum atomic E-state index is 13.0. The maximum Gasteiger partial charge on any atom is 0.241 e. The van der Waals surface area contributed by atoms with Gasteiger partial charge in [-0.2, -0.15) is 4.72 Å². The second kappa shape index (κ2) is 7.67. The molecule has 0 bridgehead atoms. The Morgan fingerprint density at radius 2 is 1.91 bits per heavy atom. The average molecular weight is 338 g/mol. The Bertz CT molecular complexity index is 811. The van der Waals surface area contributed by atoms with E-state index in [1.807, 2.05) is 0 Å². The fourth-order valence-corrected chi connectivity index (χ4v) is 2.53. The van der Waals surface area contributed by atoms with E-state index in [0.29, 0.717) is 11.8 Å². The van der Waals surface area contributed by atoms with E-state index in [2.05, 4.69) is 21.5 Å². The van der Waals surface area contributed by atoms with E-state index in [4.69, 9.17) is 4.74 Å². The molecule has 1 aromatic heterocycles. The minimum atomic E-state index is -4.03. The molecule has 2 rings (SSSR count). The van der Waals surface area contributed by atoms with Crippen LogP contribution in [0.4, 0.5) is 8.78 Å². The predicted molar refractivity (Wildman–Crippen MR) is 79.1 cm³/mol. The van der Waals surface area contributed by atoms with Gasteiger partial charge in [-0.3, -0.25) is 4.98 Å². The fourth-order valence-electron chi connectivity index (χ4n) is 1.56. The maximum absolute atomic E-state index is 13.0. The van der Waals surface area contributed by atoms with Crippen LogP contribution in [-0.4, -0.2) is 26.6 Å². The van der Waals surface area contributed by atoms with E-state index in [0.717, 1.165) is 12.1 Å². The van der Waals surface area contributed by atoms with Crippen molar-refractivity contribution >= 4 is 10.0 Å². The monoisotopic (exact) mass is 338 g/mol. The molecule has 0 saturated carbocycles. The van der Waals surface area contributed by atoms with Crippen molar-refractivity contribution in [2.24, 2.45) is 0 Å². The molecule has 0 spiro atoms. The summed E-state index contributed by atoms with van der Waals surface area (Å²) >= 11 is 0. The highest BCUT2D eigenvalue weighted by atomic mass is 32.2. The highest BCUT2D eigenvalue weighted by molar-refractivity contribution is 7.89. The summed E-state index contributed by atoms with van der Waals surface area (Å²) in [5, 5.41) is 0. The van der Waals surface area contributed by atoms with Gasteiger partial charge in [0.1, 0.15) is 24.0 Å². The van der Waals surface area contributed by atoms with Crippen LogP contribution < -0.4 is 9.46 Å². The Kier molecular flexibility index (Phi) is 5.62. The number of hydrogen-bond donors (Lipinski definition) is 1. The molecule has 0 unspecified atom stereocenters. The first kappa shape index (κ1) is 16.9. The lowest BCUT2D eigenvalue weighted by Gasteiger charge is -2.04. The second-order valence-corrected chi connectivity index (χ2v) is 6.03. The summed E-state index contributed by atoms with van der Waals surface area (Å²) in [6.45, 7) is -0.154. The highest BCUT2D eigenvalue weighted by Crippen LogP contribution is 2.13. The van der Waals surface area contributed by atoms with E-state index in [1.54, 1.807) is 18.3 Å². The molecule has 23 heavy (non-hydrogen) atoms. The molecule has 8 heteroatoms. The summed E-state index contributed by atoms with van der Waals surface area (Å²) in [7, 11) is -4.03. The number of pyridine rings is 1. The summed E-state index contributed by atoms with van der Waals surface area (Å²) in [6.07, 6.45) is 3.12. The molecule has 0 amide bonds. The number of aromatic nitrogens is 1. The van der Waals surface area contributed by atoms with Gasteiger partial charge >= 0.3 is 0 Å². The summed E-state index contributed by atoms with van der Waals surface area (Å²) < 4.78 is 57.1. The zero-order valence-electron chi connectivity index (χ0n) is 11.8. The normalized spacial score (nSPS) is 10.7. The Labute approximate surface area is 132 Å². The van der Waals surface area contributed by atoms with Crippen LogP contribution in [0.5, 0.6) is 5.75 Å². The average Bonchev–Trinajstić information content (AvgIpc) is 2.51. The van der Waals surface area contributed by atoms with Gasteiger partial charge in [0.05, 0.1) is 17.6 Å². The van der Waals surface area contributed by atoms with Gasteiger partial charge in [-0.05, 0) is 24.3 Å². The van der Waals surface area contributed by atoms with Crippen LogP contribution in [0.25, 0.3) is 0 Å². The van der Waals surface area contributed by atoms with E-state index in [9.17, 15) is 17.2 Å². The largest absolute Gasteiger partial charge is 0.479 e. The van der Waals surface area contributed by atoms with Gasteiger partial charge in [-0.15, -0.1) is 0 Å². The van der Waals surface area contributed by atoms with Crippen molar-refractivity contribution in [3.63, 3.8) is 0 Å². The van der Waals surface area contributed by atoms with E-state index in [1.165, 1.54) is 6.20 Å². The molecule has 120 valence electrons. The SMILES string of the molecule is O=S(=O)(NCC#CCOc1cccnc1)c1cc(F)cc(F)c1. The van der Waals surface area contributed by atoms with Crippen molar-refractivity contribution in [3.8, 4) is 17.6 Å². The third-order valence-electron chi connectivity index (χ3n) is 2.57. The third-order valence-corrected chi connectivity index (χ3v) is 3.95. The fraction of sp³-hybridized carbons (Fsp3) is 0.133. The quantitative estimate of drug-likeness (QED) is 0.843. The predicted octanol–water partition coefficient (Wildman–Crippen LogP) is 1.72. The smallest absolute Gasteiger partial charge is 0.241 e. The van der Waals surface area contributed by atoms with Gasteiger partial charge in [0.25, 0.3) is 0 Å². The zero-order valence-corrected chi connectivity index (χ0v) is 12.6. The molecule has 1 aromatic carbocycles. The molecule has 5 nitrogen and oxygen atoms in total. The van der Waals surface area contributed by atoms with E-state index >= 15 is 0 Å². The number of halogens is 2. The molecular weight excluding hydrogens is 326 g/mol. The van der Waals surface area contributed by atoms with Gasteiger partial charge in [-0.1, -0.05) is 11.8 Å². The summed E-state index contributed by atoms with van der Waals surface area (Å²) in [4.78, 5) is 3.36. The van der Waals surface area contributed by atoms with Crippen molar-refractivity contribution in [3.05, 3.63) is 54.4 Å². The Balaban J connectivity index is 1.87. The van der Waals surface area contributed by atoms with Gasteiger partial charge in [0, 0.05) is 12.3 Å². The zero-order chi connectivity index (χ0) is 16.7. The molecule has 0 atom stereocenters. The van der Waals surface area contributed by atoms with Crippen LogP contribution in [-0.2, 0) is 10.0 Å². The second-order valence-electron chi connectivity index (χ2n) is 4.26. The summed E-state index contributed by atoms with van der Waals surface area (Å²) in [5.74, 6) is 3.74. The standard InChI is InChI=1S/C15H12F2N2O3S/c16-12-8-13(17)10-15(9-12)23(20,21)19-6-1-2-7-22-14-4-3-5-18-11-14/h3-5,8-11,19H,6-7H2. The molecule has 0 radical (unpaired) electrons. The molecule has 0 aliphatic carbocycles. The lowest BCUT2D eigenvalue weighted by Crippen LogP contribution is -2.24. The van der Waals surface area contributed by atoms with E-state index < -0.39 is 26.6 Å². The molecule has 1 heterocycles. The van der Waals surface area contributed by atoms with Crippen molar-refractivity contribution in [2.45, 2.75) is 4.90 Å². The highest BCUT2D eigenvalue weighted by Gasteiger charge is 2.15. The minimum absolute atomic E-state index is 0.0576. The van der Waals surface area contributed by atoms with Crippen molar-refractivity contribution < 1.29 is 21.9 Å². The van der Waals surface area contributed by atoms with E-state index in [-0.39, 0.29) is 13.2 Å². The number of sulfonamides is 1. The number of hydrogen-bond acceptors (Lipinski definition) is 4. The Hall–Kier alpha value is -2.50. The number of nitrogens with one attached hydrogen (secondary N) is 1. The van der Waals surface area contributed by atoms with Crippen LogP contribution in [0.2, 0.25) is 0 Å². The Morgan fingerprint density at radius 3 is 2.57 bits per heavy atom. The van der Waals surface area contributed by atoms with Gasteiger partial charge < -0.3 is 4.74 Å². The van der Waals surface area contributed by atoms with Crippen LogP contribution in [0.15, 0.2) is 47.6 Å². The first-order chi connectivity index (χ1) is 11.0. The number of rotatable bonds is 5. The number of ether oxygens (including phenoxy) is 1. The van der Waals surface area contributed by atoms with Gasteiger partial charge in [-0.25, -0.2) is 17.2 Å². The molecule has 2 aromatic rings. The number of nitrogens with zero attached hydrogens (tertiary/aromatic N) is 1. The minimum Gasteiger partial charge on any atom is -0.479 e. The first-order valence-electron chi connectivity index (χ1n) is 6.42. The first-order valence-corrected chi connectivity index (χ1v) is 7.90. The summed E-state index contributed by atoms with van der Waals surface area (Å²) in [5.41, 5.74) is 0. The lowest BCUT2D eigenvalue weighted by molar-refractivity contribution is 0.368. The third kappa shape index (κ3) is 5.32. The molecule has 0 saturated heterocycles. The van der Waals surface area contributed by atoms with Gasteiger partial charge in [0.2, 0.25) is 10.0 Å². The molecule has 0 fully saturated rings.